The third-order valence-electron chi connectivity index (χ3n) is 4.23. The molecule has 2 atom stereocenters. The number of aromatic nitrogens is 4. The van der Waals surface area contributed by atoms with E-state index < -0.39 is 11.8 Å². The van der Waals surface area contributed by atoms with E-state index in [4.69, 9.17) is 4.42 Å². The molecule has 0 radical (unpaired) electrons. The van der Waals surface area contributed by atoms with E-state index in [9.17, 15) is 9.18 Å². The topological polar surface area (TPSA) is 99.9 Å². The molecule has 3 rings (SSSR count). The smallest absolute Gasteiger partial charge is 0.277 e. The molecule has 0 saturated carbocycles. The van der Waals surface area contributed by atoms with Gasteiger partial charge in [0.15, 0.2) is 11.6 Å². The molecule has 1 amide bonds. The van der Waals surface area contributed by atoms with Crippen molar-refractivity contribution in [1.29, 1.82) is 0 Å². The Morgan fingerprint density at radius 3 is 2.83 bits per heavy atom. The third-order valence-corrected chi connectivity index (χ3v) is 4.57. The van der Waals surface area contributed by atoms with Crippen LogP contribution in [0, 0.1) is 0 Å². The molecule has 0 bridgehead atoms. The van der Waals surface area contributed by atoms with Gasteiger partial charge in [0.1, 0.15) is 12.1 Å². The Balaban J connectivity index is 1.78. The van der Waals surface area contributed by atoms with Crippen LogP contribution in [0.15, 0.2) is 35.2 Å². The fraction of sp³-hybridized carbons (Fsp3) is 0.368. The molecule has 8 nitrogen and oxygen atoms in total. The fourth-order valence-electron chi connectivity index (χ4n) is 2.91. The first-order chi connectivity index (χ1) is 14.0. The van der Waals surface area contributed by atoms with Crippen LogP contribution in [0.1, 0.15) is 48.8 Å². The monoisotopic (exact) mass is 418 g/mol. The number of hydrogen-bond acceptors (Lipinski definition) is 6. The van der Waals surface area contributed by atoms with Crippen molar-refractivity contribution >= 4 is 26.7 Å². The number of H-pyrrole nitrogens is 1. The average Bonchev–Trinajstić information content (AvgIpc) is 3.37. The molecule has 29 heavy (non-hydrogen) atoms. The number of hydrogen-bond donors (Lipinski definition) is 2. The van der Waals surface area contributed by atoms with Crippen LogP contribution < -0.4 is 10.2 Å². The highest BCUT2D eigenvalue weighted by molar-refractivity contribution is 7.16. The highest BCUT2D eigenvalue weighted by Crippen LogP contribution is 2.29. The Bertz CT molecular complexity index is 952. The van der Waals surface area contributed by atoms with Crippen molar-refractivity contribution in [1.82, 2.24) is 20.2 Å². The SMILES string of the molecule is CCCN(CCC)c1cc(-c2nc(C(=O)Nc3cn[nH]c3C(F)P)co2)ccn1. The van der Waals surface area contributed by atoms with E-state index in [0.29, 0.717) is 5.89 Å². The number of amides is 1. The highest BCUT2D eigenvalue weighted by Gasteiger charge is 2.19. The lowest BCUT2D eigenvalue weighted by molar-refractivity contribution is 0.102. The van der Waals surface area contributed by atoms with Crippen LogP contribution in [0.4, 0.5) is 15.9 Å². The Morgan fingerprint density at radius 1 is 1.38 bits per heavy atom. The second-order valence-electron chi connectivity index (χ2n) is 6.48. The molecule has 0 spiro atoms. The molecule has 0 fully saturated rings. The summed E-state index contributed by atoms with van der Waals surface area (Å²) in [6, 6.07) is 3.68. The minimum absolute atomic E-state index is 0.0867. The highest BCUT2D eigenvalue weighted by atomic mass is 31.0. The van der Waals surface area contributed by atoms with Crippen LogP contribution in [0.3, 0.4) is 0 Å². The van der Waals surface area contributed by atoms with Gasteiger partial charge in [-0.25, -0.2) is 14.4 Å². The molecule has 0 aromatic carbocycles. The number of aromatic amines is 1. The standard InChI is InChI=1S/C19H24FN6O2P/c1-3-7-26(8-4-2)15-9-12(5-6-21-15)19-24-14(11-28-19)18(27)23-13-10-22-25-16(13)17(20)29/h5-6,9-11,17H,3-4,7-8,29H2,1-2H3,(H,22,25)(H,23,27). The summed E-state index contributed by atoms with van der Waals surface area (Å²) >= 11 is 0. The van der Waals surface area contributed by atoms with Gasteiger partial charge in [0.2, 0.25) is 5.89 Å². The van der Waals surface area contributed by atoms with Gasteiger partial charge in [-0.05, 0) is 25.0 Å². The Kier molecular flexibility index (Phi) is 6.93. The molecule has 0 aliphatic carbocycles. The molecule has 0 saturated heterocycles. The maximum Gasteiger partial charge on any atom is 0.277 e. The summed E-state index contributed by atoms with van der Waals surface area (Å²) in [5.41, 5.74) is 1.23. The number of halogens is 1. The number of alkyl halides is 1. The van der Waals surface area contributed by atoms with E-state index in [1.165, 1.54) is 12.5 Å². The van der Waals surface area contributed by atoms with E-state index in [1.54, 1.807) is 12.3 Å². The first-order valence-electron chi connectivity index (χ1n) is 9.44. The van der Waals surface area contributed by atoms with Crippen LogP contribution >= 0.6 is 9.24 Å². The second-order valence-corrected chi connectivity index (χ2v) is 7.07. The van der Waals surface area contributed by atoms with E-state index in [0.717, 1.165) is 37.3 Å². The van der Waals surface area contributed by atoms with Gasteiger partial charge in [-0.3, -0.25) is 9.89 Å². The van der Waals surface area contributed by atoms with Crippen molar-refractivity contribution in [2.24, 2.45) is 0 Å². The normalized spacial score (nSPS) is 12.0. The van der Waals surface area contributed by atoms with Crippen LogP contribution in [0.2, 0.25) is 0 Å². The van der Waals surface area contributed by atoms with Crippen molar-refractivity contribution in [3.05, 3.63) is 42.2 Å². The minimum atomic E-state index is -1.37. The molecule has 0 aliphatic heterocycles. The van der Waals surface area contributed by atoms with E-state index in [1.807, 2.05) is 15.3 Å². The van der Waals surface area contributed by atoms with Gasteiger partial charge in [0.25, 0.3) is 5.91 Å². The average molecular weight is 418 g/mol. The predicted octanol–water partition coefficient (Wildman–Crippen LogP) is 4.18. The number of carbonyl (C=O) groups is 1. The Hall–Kier alpha value is -2.80. The summed E-state index contributed by atoms with van der Waals surface area (Å²) in [6.45, 7) is 6.06. The number of nitrogens with one attached hydrogen (secondary N) is 2. The number of rotatable bonds is 9. The molecule has 10 heteroatoms. The molecule has 3 aromatic heterocycles. The van der Waals surface area contributed by atoms with E-state index in [2.05, 4.69) is 44.2 Å². The predicted molar refractivity (Wildman–Crippen MR) is 113 cm³/mol. The lowest BCUT2D eigenvalue weighted by atomic mass is 10.2. The maximum absolute atomic E-state index is 13.5. The molecule has 2 N–H and O–H groups in total. The van der Waals surface area contributed by atoms with Gasteiger partial charge in [-0.1, -0.05) is 23.1 Å². The lowest BCUT2D eigenvalue weighted by Gasteiger charge is -2.22. The number of anilines is 2. The van der Waals surface area contributed by atoms with Crippen molar-refractivity contribution < 1.29 is 13.6 Å². The first-order valence-corrected chi connectivity index (χ1v) is 10.1. The quantitative estimate of drug-likeness (QED) is 0.506. The second kappa shape index (κ2) is 9.60. The van der Waals surface area contributed by atoms with Gasteiger partial charge >= 0.3 is 0 Å². The molecular weight excluding hydrogens is 394 g/mol. The third kappa shape index (κ3) is 4.98. The van der Waals surface area contributed by atoms with Crippen LogP contribution in [-0.2, 0) is 0 Å². The van der Waals surface area contributed by atoms with Crippen LogP contribution in [-0.4, -0.2) is 39.2 Å². The van der Waals surface area contributed by atoms with Gasteiger partial charge in [-0.2, -0.15) is 5.10 Å². The number of nitrogens with zero attached hydrogens (tertiary/aromatic N) is 4. The van der Waals surface area contributed by atoms with Crippen LogP contribution in [0.25, 0.3) is 11.5 Å². The summed E-state index contributed by atoms with van der Waals surface area (Å²) in [5, 5.41) is 8.85. The van der Waals surface area contributed by atoms with Crippen molar-refractivity contribution in [3.8, 4) is 11.5 Å². The first kappa shape index (κ1) is 20.9. The van der Waals surface area contributed by atoms with Crippen molar-refractivity contribution in [2.45, 2.75) is 32.6 Å². The van der Waals surface area contributed by atoms with Gasteiger partial charge < -0.3 is 14.6 Å². The van der Waals surface area contributed by atoms with E-state index >= 15 is 0 Å². The molecule has 0 aliphatic rings. The minimum Gasteiger partial charge on any atom is -0.444 e. The summed E-state index contributed by atoms with van der Waals surface area (Å²) in [5.74, 6) is -0.729. The maximum atomic E-state index is 13.5. The zero-order valence-corrected chi connectivity index (χ0v) is 17.5. The molecule has 2 unspecified atom stereocenters. The number of pyridine rings is 1. The summed E-state index contributed by atoms with van der Waals surface area (Å²) in [4.78, 5) is 23.4. The zero-order valence-electron chi connectivity index (χ0n) is 16.4. The fourth-order valence-corrected chi connectivity index (χ4v) is 3.16. The molecular formula is C19H24FN6O2P. The number of carbonyl (C=O) groups excluding carboxylic acids is 1. The van der Waals surface area contributed by atoms with Gasteiger partial charge in [-0.15, -0.1) is 0 Å². The molecule has 3 heterocycles. The van der Waals surface area contributed by atoms with E-state index in [-0.39, 0.29) is 17.1 Å². The van der Waals surface area contributed by atoms with Gasteiger partial charge in [0, 0.05) is 24.8 Å². The lowest BCUT2D eigenvalue weighted by Crippen LogP contribution is -2.25. The van der Waals surface area contributed by atoms with Crippen molar-refractivity contribution in [2.75, 3.05) is 23.3 Å². The van der Waals surface area contributed by atoms with Crippen LogP contribution in [0.5, 0.6) is 0 Å². The molecule has 3 aromatic rings. The summed E-state index contributed by atoms with van der Waals surface area (Å²) in [6.07, 6.45) is 6.34. The largest absolute Gasteiger partial charge is 0.444 e. The van der Waals surface area contributed by atoms with Gasteiger partial charge in [0.05, 0.1) is 17.6 Å². The number of oxazole rings is 1. The molecule has 154 valence electrons. The summed E-state index contributed by atoms with van der Waals surface area (Å²) in [7, 11) is 2.00. The van der Waals surface area contributed by atoms with Crippen molar-refractivity contribution in [3.63, 3.8) is 0 Å². The summed E-state index contributed by atoms with van der Waals surface area (Å²) < 4.78 is 19.0. The Morgan fingerprint density at radius 2 is 2.14 bits per heavy atom. The Labute approximate surface area is 170 Å². The zero-order chi connectivity index (χ0) is 20.8.